The quantitative estimate of drug-likeness (QED) is 0.780. The van der Waals surface area contributed by atoms with Crippen LogP contribution < -0.4 is 0 Å². The van der Waals surface area contributed by atoms with Crippen molar-refractivity contribution in [1.29, 1.82) is 0 Å². The Kier molecular flexibility index (Phi) is 5.49. The van der Waals surface area contributed by atoms with Gasteiger partial charge in [-0.3, -0.25) is 4.79 Å². The third-order valence-electron chi connectivity index (χ3n) is 5.01. The molecule has 5 heteroatoms. The van der Waals surface area contributed by atoms with Crippen LogP contribution in [0.3, 0.4) is 0 Å². The summed E-state index contributed by atoms with van der Waals surface area (Å²) in [7, 11) is 0. The van der Waals surface area contributed by atoms with Gasteiger partial charge in [0, 0.05) is 25.6 Å². The van der Waals surface area contributed by atoms with Crippen molar-refractivity contribution in [1.82, 2.24) is 9.80 Å². The Labute approximate surface area is 127 Å². The molecule has 5 nitrogen and oxygen atoms in total. The minimum absolute atomic E-state index is 0.266. The lowest BCUT2D eigenvalue weighted by atomic mass is 9.95. The standard InChI is InChI=1S/C16H28N2O3/c19-16(18-6-1-2-7-18)14-3-8-17(9-4-14)10-5-15-13-20-11-12-21-15/h14-15H,1-13H2. The molecule has 3 saturated heterocycles. The van der Waals surface area contributed by atoms with Gasteiger partial charge in [-0.1, -0.05) is 0 Å². The van der Waals surface area contributed by atoms with E-state index >= 15 is 0 Å². The number of carbonyl (C=O) groups excluding carboxylic acids is 1. The molecule has 0 aromatic heterocycles. The third kappa shape index (κ3) is 4.18. The number of likely N-dealkylation sites (tertiary alicyclic amines) is 2. The van der Waals surface area contributed by atoms with E-state index in [4.69, 9.17) is 9.47 Å². The smallest absolute Gasteiger partial charge is 0.225 e. The predicted octanol–water partition coefficient (Wildman–Crippen LogP) is 1.13. The minimum Gasteiger partial charge on any atom is -0.376 e. The minimum atomic E-state index is 0.266. The number of amides is 1. The normalized spacial score (nSPS) is 29.0. The summed E-state index contributed by atoms with van der Waals surface area (Å²) >= 11 is 0. The van der Waals surface area contributed by atoms with Crippen molar-refractivity contribution in [2.75, 3.05) is 52.5 Å². The molecule has 3 fully saturated rings. The Morgan fingerprint density at radius 3 is 2.48 bits per heavy atom. The van der Waals surface area contributed by atoms with Crippen LogP contribution in [0.25, 0.3) is 0 Å². The number of nitrogens with zero attached hydrogens (tertiary/aromatic N) is 2. The zero-order valence-corrected chi connectivity index (χ0v) is 13.0. The molecule has 0 aromatic rings. The number of piperidine rings is 1. The van der Waals surface area contributed by atoms with Crippen molar-refractivity contribution in [3.63, 3.8) is 0 Å². The van der Waals surface area contributed by atoms with E-state index in [0.717, 1.165) is 71.8 Å². The van der Waals surface area contributed by atoms with E-state index in [2.05, 4.69) is 9.80 Å². The Morgan fingerprint density at radius 2 is 1.81 bits per heavy atom. The van der Waals surface area contributed by atoms with Crippen LogP contribution in [0, 0.1) is 5.92 Å². The van der Waals surface area contributed by atoms with Gasteiger partial charge in [0.1, 0.15) is 0 Å². The molecule has 0 bridgehead atoms. The fraction of sp³-hybridized carbons (Fsp3) is 0.938. The molecule has 3 rings (SSSR count). The molecule has 0 aromatic carbocycles. The van der Waals surface area contributed by atoms with Gasteiger partial charge in [-0.05, 0) is 45.2 Å². The predicted molar refractivity (Wildman–Crippen MR) is 80.2 cm³/mol. The van der Waals surface area contributed by atoms with Gasteiger partial charge in [0.05, 0.1) is 25.9 Å². The molecule has 1 atom stereocenters. The summed E-state index contributed by atoms with van der Waals surface area (Å²) in [4.78, 5) is 16.9. The lowest BCUT2D eigenvalue weighted by Crippen LogP contribution is -2.42. The molecule has 3 aliphatic rings. The summed E-state index contributed by atoms with van der Waals surface area (Å²) in [6, 6.07) is 0. The van der Waals surface area contributed by atoms with Crippen molar-refractivity contribution in [3.8, 4) is 0 Å². The van der Waals surface area contributed by atoms with E-state index in [-0.39, 0.29) is 12.0 Å². The highest BCUT2D eigenvalue weighted by atomic mass is 16.6. The number of hydrogen-bond donors (Lipinski definition) is 0. The van der Waals surface area contributed by atoms with E-state index in [1.165, 1.54) is 12.8 Å². The van der Waals surface area contributed by atoms with Gasteiger partial charge in [0.15, 0.2) is 0 Å². The molecule has 1 amide bonds. The molecule has 120 valence electrons. The Balaban J connectivity index is 1.35. The van der Waals surface area contributed by atoms with Gasteiger partial charge < -0.3 is 19.3 Å². The molecular weight excluding hydrogens is 268 g/mol. The average Bonchev–Trinajstić information content (AvgIpc) is 3.08. The van der Waals surface area contributed by atoms with Crippen LogP contribution >= 0.6 is 0 Å². The molecule has 0 N–H and O–H groups in total. The van der Waals surface area contributed by atoms with Gasteiger partial charge in [-0.2, -0.15) is 0 Å². The van der Waals surface area contributed by atoms with Crippen molar-refractivity contribution >= 4 is 5.91 Å². The van der Waals surface area contributed by atoms with Crippen LogP contribution in [0.4, 0.5) is 0 Å². The Bertz CT molecular complexity index is 330. The van der Waals surface area contributed by atoms with Crippen LogP contribution in [0.2, 0.25) is 0 Å². The second-order valence-electron chi connectivity index (χ2n) is 6.50. The van der Waals surface area contributed by atoms with Gasteiger partial charge >= 0.3 is 0 Å². The summed E-state index contributed by atoms with van der Waals surface area (Å²) in [5.74, 6) is 0.685. The van der Waals surface area contributed by atoms with E-state index in [1.807, 2.05) is 0 Å². The zero-order chi connectivity index (χ0) is 14.5. The molecule has 0 spiro atoms. The summed E-state index contributed by atoms with van der Waals surface area (Å²) in [6.45, 7) is 7.35. The first-order valence-electron chi connectivity index (χ1n) is 8.53. The molecule has 0 aliphatic carbocycles. The monoisotopic (exact) mass is 296 g/mol. The van der Waals surface area contributed by atoms with Crippen LogP contribution in [0.1, 0.15) is 32.1 Å². The van der Waals surface area contributed by atoms with Crippen molar-refractivity contribution in [2.24, 2.45) is 5.92 Å². The maximum Gasteiger partial charge on any atom is 0.225 e. The number of ether oxygens (including phenoxy) is 2. The molecule has 3 heterocycles. The van der Waals surface area contributed by atoms with E-state index in [9.17, 15) is 4.79 Å². The van der Waals surface area contributed by atoms with E-state index in [1.54, 1.807) is 0 Å². The van der Waals surface area contributed by atoms with Gasteiger partial charge in [-0.15, -0.1) is 0 Å². The highest BCUT2D eigenvalue weighted by Gasteiger charge is 2.29. The third-order valence-corrected chi connectivity index (χ3v) is 5.01. The van der Waals surface area contributed by atoms with Gasteiger partial charge in [0.2, 0.25) is 5.91 Å². The molecule has 0 radical (unpaired) electrons. The average molecular weight is 296 g/mol. The number of rotatable bonds is 4. The summed E-state index contributed by atoms with van der Waals surface area (Å²) in [5.41, 5.74) is 0. The van der Waals surface area contributed by atoms with Crippen LogP contribution in [-0.2, 0) is 14.3 Å². The first kappa shape index (κ1) is 15.3. The van der Waals surface area contributed by atoms with Crippen molar-refractivity contribution in [3.05, 3.63) is 0 Å². The van der Waals surface area contributed by atoms with E-state index in [0.29, 0.717) is 5.91 Å². The summed E-state index contributed by atoms with van der Waals surface area (Å²) in [5, 5.41) is 0. The first-order chi connectivity index (χ1) is 10.3. The second kappa shape index (κ2) is 7.56. The molecule has 1 unspecified atom stereocenters. The van der Waals surface area contributed by atoms with Gasteiger partial charge in [-0.25, -0.2) is 0 Å². The zero-order valence-electron chi connectivity index (χ0n) is 13.0. The lowest BCUT2D eigenvalue weighted by Gasteiger charge is -2.34. The van der Waals surface area contributed by atoms with Crippen LogP contribution in [0.15, 0.2) is 0 Å². The molecular formula is C16H28N2O3. The summed E-state index contributed by atoms with van der Waals surface area (Å²) in [6.07, 6.45) is 5.74. The fourth-order valence-electron chi connectivity index (χ4n) is 3.63. The SMILES string of the molecule is O=C(C1CCN(CCC2COCCO2)CC1)N1CCCC1. The van der Waals surface area contributed by atoms with Crippen LogP contribution in [-0.4, -0.2) is 74.4 Å². The molecule has 21 heavy (non-hydrogen) atoms. The maximum atomic E-state index is 12.4. The van der Waals surface area contributed by atoms with Crippen LogP contribution in [0.5, 0.6) is 0 Å². The van der Waals surface area contributed by atoms with E-state index < -0.39 is 0 Å². The number of carbonyl (C=O) groups is 1. The van der Waals surface area contributed by atoms with Crippen molar-refractivity contribution < 1.29 is 14.3 Å². The maximum absolute atomic E-state index is 12.4. The topological polar surface area (TPSA) is 42.0 Å². The summed E-state index contributed by atoms with van der Waals surface area (Å²) < 4.78 is 11.1. The lowest BCUT2D eigenvalue weighted by molar-refractivity contribution is -0.136. The van der Waals surface area contributed by atoms with Gasteiger partial charge in [0.25, 0.3) is 0 Å². The Morgan fingerprint density at radius 1 is 1.05 bits per heavy atom. The highest BCUT2D eigenvalue weighted by Crippen LogP contribution is 2.22. The molecule has 0 saturated carbocycles. The highest BCUT2D eigenvalue weighted by molar-refractivity contribution is 5.79. The number of hydrogen-bond acceptors (Lipinski definition) is 4. The Hall–Kier alpha value is -0.650. The largest absolute Gasteiger partial charge is 0.376 e. The second-order valence-corrected chi connectivity index (χ2v) is 6.50. The van der Waals surface area contributed by atoms with Crippen molar-refractivity contribution in [2.45, 2.75) is 38.2 Å². The fourth-order valence-corrected chi connectivity index (χ4v) is 3.63. The molecule has 3 aliphatic heterocycles. The first-order valence-corrected chi connectivity index (χ1v) is 8.53.